The summed E-state index contributed by atoms with van der Waals surface area (Å²) in [5, 5.41) is 33.0. The number of hydrogen-bond donors (Lipinski definition) is 3. The number of ether oxygens (including phenoxy) is 2. The zero-order chi connectivity index (χ0) is 29.6. The summed E-state index contributed by atoms with van der Waals surface area (Å²) in [7, 11) is 0. The first-order valence-electron chi connectivity index (χ1n) is 14.3. The number of ketones is 1. The highest BCUT2D eigenvalue weighted by molar-refractivity contribution is 5.82. The van der Waals surface area contributed by atoms with E-state index in [1.807, 2.05) is 0 Å². The van der Waals surface area contributed by atoms with Crippen LogP contribution in [0.25, 0.3) is 0 Å². The third-order valence-corrected chi connectivity index (χ3v) is 11.0. The molecule has 11 heteroatoms. The molecule has 0 aromatic heterocycles. The fourth-order valence-corrected chi connectivity index (χ4v) is 8.93. The Morgan fingerprint density at radius 3 is 2.24 bits per heavy atom. The van der Waals surface area contributed by atoms with Crippen molar-refractivity contribution in [1.82, 2.24) is 0 Å². The average Bonchev–Trinajstić information content (AvgIpc) is 3.51. The Labute approximate surface area is 234 Å². The Morgan fingerprint density at radius 2 is 1.63 bits per heavy atom. The molecule has 226 valence electrons. The lowest BCUT2D eigenvalue weighted by molar-refractivity contribution is -0.362. The van der Waals surface area contributed by atoms with Crippen LogP contribution in [0.5, 0.6) is 0 Å². The lowest BCUT2D eigenvalue weighted by Crippen LogP contribution is -2.65. The SMILES string of the molecule is C[C@]12C[C@H](c3ccc(C4(CO)OCCO4)cc3)C3=C4CCC(=O)C[C@]4(O)CC[C@H]3[C@@H]1CC[C@@]2(O)C(F)(F)C(F)(F)F. The Kier molecular flexibility index (Phi) is 6.61. The van der Waals surface area contributed by atoms with Crippen molar-refractivity contribution in [3.8, 4) is 0 Å². The number of halogens is 5. The number of allylic oxidation sites excluding steroid dienone is 1. The molecule has 3 saturated carbocycles. The lowest BCUT2D eigenvalue weighted by Gasteiger charge is -2.57. The van der Waals surface area contributed by atoms with E-state index in [2.05, 4.69) is 0 Å². The van der Waals surface area contributed by atoms with Gasteiger partial charge in [-0.15, -0.1) is 0 Å². The van der Waals surface area contributed by atoms with Crippen LogP contribution in [0.15, 0.2) is 35.4 Å². The Bertz CT molecular complexity index is 1250. The van der Waals surface area contributed by atoms with Gasteiger partial charge in [0.15, 0.2) is 0 Å². The maximum Gasteiger partial charge on any atom is 0.456 e. The van der Waals surface area contributed by atoms with Crippen molar-refractivity contribution in [1.29, 1.82) is 0 Å². The number of alkyl halides is 5. The summed E-state index contributed by atoms with van der Waals surface area (Å²) < 4.78 is 82.9. The molecule has 6 nitrogen and oxygen atoms in total. The second-order valence-electron chi connectivity index (χ2n) is 12.8. The fraction of sp³-hybridized carbons (Fsp3) is 0.700. The van der Waals surface area contributed by atoms with Crippen LogP contribution in [0.3, 0.4) is 0 Å². The topological polar surface area (TPSA) is 96.2 Å². The molecule has 4 fully saturated rings. The zero-order valence-corrected chi connectivity index (χ0v) is 22.8. The molecule has 41 heavy (non-hydrogen) atoms. The molecule has 6 atom stereocenters. The monoisotopic (exact) mass is 586 g/mol. The molecule has 1 aromatic rings. The van der Waals surface area contributed by atoms with E-state index >= 15 is 8.78 Å². The van der Waals surface area contributed by atoms with Gasteiger partial charge in [0.25, 0.3) is 0 Å². The summed E-state index contributed by atoms with van der Waals surface area (Å²) >= 11 is 0. The molecule has 1 saturated heterocycles. The maximum absolute atomic E-state index is 15.2. The Morgan fingerprint density at radius 1 is 0.976 bits per heavy atom. The summed E-state index contributed by atoms with van der Waals surface area (Å²) in [5.41, 5.74) is -3.81. The van der Waals surface area contributed by atoms with Gasteiger partial charge < -0.3 is 24.8 Å². The van der Waals surface area contributed by atoms with Crippen molar-refractivity contribution in [2.24, 2.45) is 17.3 Å². The van der Waals surface area contributed by atoms with E-state index in [1.165, 1.54) is 6.92 Å². The molecule has 0 radical (unpaired) electrons. The van der Waals surface area contributed by atoms with Gasteiger partial charge in [0, 0.05) is 29.7 Å². The number of hydrogen-bond acceptors (Lipinski definition) is 6. The highest BCUT2D eigenvalue weighted by atomic mass is 19.4. The van der Waals surface area contributed by atoms with Crippen molar-refractivity contribution in [2.75, 3.05) is 19.8 Å². The number of carbonyl (C=O) groups excluding carboxylic acids is 1. The minimum Gasteiger partial charge on any atom is -0.390 e. The van der Waals surface area contributed by atoms with E-state index in [4.69, 9.17) is 9.47 Å². The molecule has 3 N–H and O–H groups in total. The van der Waals surface area contributed by atoms with Gasteiger partial charge in [-0.1, -0.05) is 36.8 Å². The summed E-state index contributed by atoms with van der Waals surface area (Å²) in [5.74, 6) is -8.48. The molecule has 0 amide bonds. The molecule has 0 bridgehead atoms. The highest BCUT2D eigenvalue weighted by Crippen LogP contribution is 2.71. The van der Waals surface area contributed by atoms with E-state index in [0.717, 1.165) is 5.57 Å². The number of benzene rings is 1. The molecule has 0 unspecified atom stereocenters. The predicted molar refractivity (Wildman–Crippen MR) is 135 cm³/mol. The second kappa shape index (κ2) is 9.29. The van der Waals surface area contributed by atoms with Gasteiger partial charge in [-0.3, -0.25) is 4.79 Å². The number of aliphatic hydroxyl groups excluding tert-OH is 1. The van der Waals surface area contributed by atoms with Crippen LogP contribution < -0.4 is 0 Å². The predicted octanol–water partition coefficient (Wildman–Crippen LogP) is 4.90. The lowest BCUT2D eigenvalue weighted by atomic mass is 9.49. The number of carbonyl (C=O) groups is 1. The van der Waals surface area contributed by atoms with E-state index in [-0.39, 0.29) is 51.1 Å². The van der Waals surface area contributed by atoms with Crippen molar-refractivity contribution < 1.29 is 51.5 Å². The van der Waals surface area contributed by atoms with Crippen molar-refractivity contribution >= 4 is 5.78 Å². The third kappa shape index (κ3) is 3.95. The van der Waals surface area contributed by atoms with E-state index in [1.54, 1.807) is 24.3 Å². The van der Waals surface area contributed by atoms with Crippen LogP contribution in [0.4, 0.5) is 22.0 Å². The molecule has 0 spiro atoms. The zero-order valence-electron chi connectivity index (χ0n) is 22.8. The Hall–Kier alpha value is -1.92. The van der Waals surface area contributed by atoms with Crippen LogP contribution in [-0.4, -0.2) is 64.2 Å². The molecule has 1 aromatic carbocycles. The van der Waals surface area contributed by atoms with Gasteiger partial charge in [0.05, 0.1) is 18.8 Å². The minimum absolute atomic E-state index is 0.00314. The van der Waals surface area contributed by atoms with Gasteiger partial charge >= 0.3 is 12.1 Å². The maximum atomic E-state index is 15.2. The summed E-state index contributed by atoms with van der Waals surface area (Å²) in [4.78, 5) is 12.3. The quantitative estimate of drug-likeness (QED) is 0.343. The number of rotatable bonds is 4. The van der Waals surface area contributed by atoms with Crippen LogP contribution >= 0.6 is 0 Å². The molecule has 1 aliphatic heterocycles. The first kappa shape index (κ1) is 29.2. The van der Waals surface area contributed by atoms with Gasteiger partial charge in [-0.05, 0) is 61.5 Å². The van der Waals surface area contributed by atoms with E-state index in [9.17, 15) is 33.3 Å². The summed E-state index contributed by atoms with van der Waals surface area (Å²) in [6.45, 7) is 1.49. The molecular formula is C30H35F5O6. The smallest absolute Gasteiger partial charge is 0.390 e. The number of fused-ring (bicyclic) bond motifs is 4. The molecule has 6 rings (SSSR count). The van der Waals surface area contributed by atoms with Crippen molar-refractivity contribution in [3.05, 3.63) is 46.5 Å². The van der Waals surface area contributed by atoms with Crippen molar-refractivity contribution in [3.63, 3.8) is 0 Å². The van der Waals surface area contributed by atoms with Gasteiger partial charge in [-0.2, -0.15) is 22.0 Å². The first-order chi connectivity index (χ1) is 19.1. The molecular weight excluding hydrogens is 551 g/mol. The highest BCUT2D eigenvalue weighted by Gasteiger charge is 2.79. The van der Waals surface area contributed by atoms with E-state index < -0.39 is 65.3 Å². The molecule has 1 heterocycles. The average molecular weight is 587 g/mol. The second-order valence-corrected chi connectivity index (χ2v) is 12.8. The molecule has 5 aliphatic rings. The standard InChI is InChI=1S/C30H35F5O6/c1-25-15-21(17-2-4-18(5-3-17)27(16-36)40-12-13-41-27)24-20(8-10-26(38)14-19(37)6-7-23(24)26)22(25)9-11-28(25,39)29(31,32)30(33,34)35/h2-5,20-22,36,38-39H,6-16H2,1H3/t20-,21+,22-,25-,26+,28-/m0/s1. The van der Waals surface area contributed by atoms with Gasteiger partial charge in [0.2, 0.25) is 5.79 Å². The molecule has 4 aliphatic carbocycles. The summed E-state index contributed by atoms with van der Waals surface area (Å²) in [6.07, 6.45) is -5.79. The van der Waals surface area contributed by atoms with Crippen LogP contribution in [0, 0.1) is 17.3 Å². The summed E-state index contributed by atoms with van der Waals surface area (Å²) in [6, 6.07) is 6.79. The first-order valence-corrected chi connectivity index (χ1v) is 14.3. The van der Waals surface area contributed by atoms with Crippen LogP contribution in [0.1, 0.15) is 75.3 Å². The van der Waals surface area contributed by atoms with Crippen LogP contribution in [-0.2, 0) is 20.1 Å². The largest absolute Gasteiger partial charge is 0.456 e. The number of Topliss-reactive ketones (excluding diaryl/α,β-unsaturated/α-hetero) is 1. The van der Waals surface area contributed by atoms with E-state index in [0.29, 0.717) is 29.5 Å². The fourth-order valence-electron chi connectivity index (χ4n) is 8.93. The van der Waals surface area contributed by atoms with Gasteiger partial charge in [0.1, 0.15) is 18.0 Å². The third-order valence-electron chi connectivity index (χ3n) is 11.0. The van der Waals surface area contributed by atoms with Crippen molar-refractivity contribution in [2.45, 2.75) is 93.3 Å². The Balaban J connectivity index is 1.49. The minimum atomic E-state index is -5.92. The normalized spacial score (nSPS) is 39.0. The van der Waals surface area contributed by atoms with Crippen LogP contribution in [0.2, 0.25) is 0 Å². The van der Waals surface area contributed by atoms with Gasteiger partial charge in [-0.25, -0.2) is 0 Å². The number of aliphatic hydroxyl groups is 3.